The van der Waals surface area contributed by atoms with Gasteiger partial charge in [0.1, 0.15) is 0 Å². The lowest BCUT2D eigenvalue weighted by Gasteiger charge is -2.17. The van der Waals surface area contributed by atoms with Crippen molar-refractivity contribution in [2.45, 2.75) is 13.8 Å². The number of carbonyl (C=O) groups is 1. The molecule has 1 N–H and O–H groups in total. The zero-order chi connectivity index (χ0) is 14.2. The van der Waals surface area contributed by atoms with Crippen LogP contribution in [0.5, 0.6) is 0 Å². The van der Waals surface area contributed by atoms with Crippen LogP contribution >= 0.6 is 0 Å². The smallest absolute Gasteiger partial charge is 0.311 e. The van der Waals surface area contributed by atoms with Crippen LogP contribution in [0.1, 0.15) is 12.6 Å². The molecule has 7 heteroatoms. The van der Waals surface area contributed by atoms with Gasteiger partial charge in [-0.05, 0) is 18.9 Å². The molecule has 19 heavy (non-hydrogen) atoms. The third-order valence-electron chi connectivity index (χ3n) is 3.42. The van der Waals surface area contributed by atoms with Crippen LogP contribution in [0.15, 0.2) is 12.1 Å². The Bertz CT molecular complexity index is 532. The lowest BCUT2D eigenvalue weighted by atomic mass is 9.99. The predicted molar refractivity (Wildman–Crippen MR) is 68.1 cm³/mol. The SMILES string of the molecule is Cc1ccc([N+](=O)[O-])c(N2C[C@@H](C)[C@H](C(=O)O)C2)n1. The van der Waals surface area contributed by atoms with E-state index < -0.39 is 16.8 Å². The third kappa shape index (κ3) is 2.49. The van der Waals surface area contributed by atoms with Crippen LogP contribution in [-0.4, -0.2) is 34.1 Å². The molecule has 1 aromatic rings. The van der Waals surface area contributed by atoms with Crippen molar-refractivity contribution in [3.05, 3.63) is 27.9 Å². The summed E-state index contributed by atoms with van der Waals surface area (Å²) in [5.41, 5.74) is 0.593. The average Bonchev–Trinajstić information content (AvgIpc) is 2.70. The molecule has 0 aliphatic carbocycles. The molecule has 1 fully saturated rings. The number of hydrogen-bond acceptors (Lipinski definition) is 5. The molecule has 0 bridgehead atoms. The Morgan fingerprint density at radius 1 is 1.53 bits per heavy atom. The Kier molecular flexibility index (Phi) is 3.37. The largest absolute Gasteiger partial charge is 0.481 e. The minimum absolute atomic E-state index is 0.0561. The van der Waals surface area contributed by atoms with E-state index >= 15 is 0 Å². The summed E-state index contributed by atoms with van der Waals surface area (Å²) in [6, 6.07) is 2.99. The predicted octanol–water partition coefficient (Wildman–Crippen LogP) is 1.46. The second kappa shape index (κ2) is 4.83. The van der Waals surface area contributed by atoms with Crippen LogP contribution in [0.4, 0.5) is 11.5 Å². The van der Waals surface area contributed by atoms with E-state index in [2.05, 4.69) is 4.98 Å². The van der Waals surface area contributed by atoms with E-state index in [0.717, 1.165) is 0 Å². The maximum Gasteiger partial charge on any atom is 0.311 e. The molecule has 2 atom stereocenters. The molecular weight excluding hydrogens is 250 g/mol. The summed E-state index contributed by atoms with van der Waals surface area (Å²) in [5.74, 6) is -1.17. The Balaban J connectivity index is 2.35. The van der Waals surface area contributed by atoms with Gasteiger partial charge in [0.05, 0.1) is 10.8 Å². The summed E-state index contributed by atoms with van der Waals surface area (Å²) >= 11 is 0. The maximum atomic E-state index is 11.1. The number of aryl methyl sites for hydroxylation is 1. The van der Waals surface area contributed by atoms with Crippen LogP contribution in [0.2, 0.25) is 0 Å². The summed E-state index contributed by atoms with van der Waals surface area (Å²) < 4.78 is 0. The van der Waals surface area contributed by atoms with Gasteiger partial charge >= 0.3 is 11.7 Å². The average molecular weight is 265 g/mol. The number of carboxylic acids is 1. The molecule has 0 aromatic carbocycles. The molecule has 0 unspecified atom stereocenters. The fourth-order valence-electron chi connectivity index (χ4n) is 2.37. The first-order valence-corrected chi connectivity index (χ1v) is 6.00. The number of aromatic nitrogens is 1. The minimum atomic E-state index is -0.870. The standard InChI is InChI=1S/C12H15N3O4/c1-7-5-14(6-9(7)12(16)17)11-10(15(18)19)4-3-8(2)13-11/h3-4,7,9H,5-6H2,1-2H3,(H,16,17)/t7-,9-/m1/s1. The van der Waals surface area contributed by atoms with Crippen molar-refractivity contribution in [3.8, 4) is 0 Å². The Morgan fingerprint density at radius 3 is 2.74 bits per heavy atom. The molecule has 0 amide bonds. The van der Waals surface area contributed by atoms with E-state index in [1.807, 2.05) is 6.92 Å². The number of hydrogen-bond donors (Lipinski definition) is 1. The lowest BCUT2D eigenvalue weighted by molar-refractivity contribution is -0.384. The summed E-state index contributed by atoms with van der Waals surface area (Å²) in [6.07, 6.45) is 0. The monoisotopic (exact) mass is 265 g/mol. The van der Waals surface area contributed by atoms with Gasteiger partial charge in [0.2, 0.25) is 5.82 Å². The molecule has 1 aliphatic heterocycles. The molecule has 1 aromatic heterocycles. The van der Waals surface area contributed by atoms with Gasteiger partial charge in [-0.2, -0.15) is 0 Å². The van der Waals surface area contributed by atoms with E-state index in [1.165, 1.54) is 6.07 Å². The Labute approximate surface area is 110 Å². The maximum absolute atomic E-state index is 11.1. The fourth-order valence-corrected chi connectivity index (χ4v) is 2.37. The van der Waals surface area contributed by atoms with E-state index in [4.69, 9.17) is 5.11 Å². The van der Waals surface area contributed by atoms with Crippen molar-refractivity contribution in [2.24, 2.45) is 11.8 Å². The molecule has 102 valence electrons. The summed E-state index contributed by atoms with van der Waals surface area (Å²) in [5, 5.41) is 20.1. The van der Waals surface area contributed by atoms with Gasteiger partial charge in [-0.1, -0.05) is 6.92 Å². The van der Waals surface area contributed by atoms with Crippen LogP contribution in [0, 0.1) is 28.9 Å². The van der Waals surface area contributed by atoms with Crippen LogP contribution in [-0.2, 0) is 4.79 Å². The number of aliphatic carboxylic acids is 1. The first-order valence-electron chi connectivity index (χ1n) is 6.00. The lowest BCUT2D eigenvalue weighted by Crippen LogP contribution is -2.24. The topological polar surface area (TPSA) is 96.6 Å². The molecule has 2 heterocycles. The van der Waals surface area contributed by atoms with E-state index in [-0.39, 0.29) is 24.0 Å². The summed E-state index contributed by atoms with van der Waals surface area (Å²) in [4.78, 5) is 27.5. The van der Waals surface area contributed by atoms with Crippen molar-refractivity contribution >= 4 is 17.5 Å². The number of nitro groups is 1. The number of rotatable bonds is 3. The van der Waals surface area contributed by atoms with Crippen molar-refractivity contribution in [1.82, 2.24) is 4.98 Å². The number of carboxylic acid groups (broad SMARTS) is 1. The highest BCUT2D eigenvalue weighted by Gasteiger charge is 2.37. The Morgan fingerprint density at radius 2 is 2.21 bits per heavy atom. The van der Waals surface area contributed by atoms with Crippen molar-refractivity contribution < 1.29 is 14.8 Å². The molecule has 7 nitrogen and oxygen atoms in total. The van der Waals surface area contributed by atoms with Crippen molar-refractivity contribution in [2.75, 3.05) is 18.0 Å². The zero-order valence-electron chi connectivity index (χ0n) is 10.7. The molecular formula is C12H15N3O4. The van der Waals surface area contributed by atoms with Crippen LogP contribution in [0.3, 0.4) is 0 Å². The Hall–Kier alpha value is -2.18. The van der Waals surface area contributed by atoms with E-state index in [1.54, 1.807) is 17.9 Å². The minimum Gasteiger partial charge on any atom is -0.481 e. The van der Waals surface area contributed by atoms with Gasteiger partial charge in [0, 0.05) is 24.8 Å². The van der Waals surface area contributed by atoms with Gasteiger partial charge in [-0.3, -0.25) is 14.9 Å². The summed E-state index contributed by atoms with van der Waals surface area (Å²) in [6.45, 7) is 4.31. The van der Waals surface area contributed by atoms with Crippen LogP contribution < -0.4 is 4.90 Å². The summed E-state index contributed by atoms with van der Waals surface area (Å²) in [7, 11) is 0. The van der Waals surface area contributed by atoms with Gasteiger partial charge in [0.15, 0.2) is 0 Å². The normalized spacial score (nSPS) is 22.5. The highest BCUT2D eigenvalue weighted by molar-refractivity contribution is 5.73. The van der Waals surface area contributed by atoms with E-state index in [0.29, 0.717) is 12.2 Å². The second-order valence-electron chi connectivity index (χ2n) is 4.88. The van der Waals surface area contributed by atoms with Gasteiger partial charge in [-0.15, -0.1) is 0 Å². The van der Waals surface area contributed by atoms with Crippen LogP contribution in [0.25, 0.3) is 0 Å². The van der Waals surface area contributed by atoms with Crippen molar-refractivity contribution in [3.63, 3.8) is 0 Å². The highest BCUT2D eigenvalue weighted by Crippen LogP contribution is 2.32. The van der Waals surface area contributed by atoms with Crippen molar-refractivity contribution in [1.29, 1.82) is 0 Å². The number of pyridine rings is 1. The first kappa shape index (κ1) is 13.3. The molecule has 2 rings (SSSR count). The third-order valence-corrected chi connectivity index (χ3v) is 3.42. The van der Waals surface area contributed by atoms with Gasteiger partial charge < -0.3 is 10.0 Å². The highest BCUT2D eigenvalue weighted by atomic mass is 16.6. The first-order chi connectivity index (χ1) is 8.90. The quantitative estimate of drug-likeness (QED) is 0.656. The zero-order valence-corrected chi connectivity index (χ0v) is 10.7. The number of anilines is 1. The molecule has 1 saturated heterocycles. The fraction of sp³-hybridized carbons (Fsp3) is 0.500. The van der Waals surface area contributed by atoms with Gasteiger partial charge in [0.25, 0.3) is 0 Å². The molecule has 0 spiro atoms. The number of nitrogens with zero attached hydrogens (tertiary/aromatic N) is 3. The van der Waals surface area contributed by atoms with E-state index in [9.17, 15) is 14.9 Å². The molecule has 0 radical (unpaired) electrons. The second-order valence-corrected chi connectivity index (χ2v) is 4.88. The molecule has 0 saturated carbocycles. The van der Waals surface area contributed by atoms with Gasteiger partial charge in [-0.25, -0.2) is 4.98 Å². The molecule has 1 aliphatic rings.